The first-order valence-electron chi connectivity index (χ1n) is 6.47. The van der Waals surface area contributed by atoms with Crippen LogP contribution in [0.3, 0.4) is 0 Å². The van der Waals surface area contributed by atoms with Gasteiger partial charge in [-0.2, -0.15) is 4.98 Å². The molecule has 112 valence electrons. The van der Waals surface area contributed by atoms with Gasteiger partial charge in [-0.3, -0.25) is 0 Å². The topological polar surface area (TPSA) is 44.2 Å². The maximum Gasteiger partial charge on any atom is 0.227 e. The van der Waals surface area contributed by atoms with Gasteiger partial charge in [0.15, 0.2) is 0 Å². The van der Waals surface area contributed by atoms with E-state index in [0.29, 0.717) is 28.2 Å². The standard InChI is InChI=1S/C15H16BrClN2O2/c1-8(2)14-18-13(17)9(3)15(19-14)21-12-6-5-10(20-4)7-11(12)16/h5-8H,1-4H3. The molecule has 0 amide bonds. The van der Waals surface area contributed by atoms with Gasteiger partial charge in [-0.1, -0.05) is 25.4 Å². The number of hydrogen-bond donors (Lipinski definition) is 0. The molecule has 2 aromatic rings. The van der Waals surface area contributed by atoms with Gasteiger partial charge in [0.25, 0.3) is 0 Å². The maximum absolute atomic E-state index is 6.15. The summed E-state index contributed by atoms with van der Waals surface area (Å²) in [6.45, 7) is 5.85. The van der Waals surface area contributed by atoms with Crippen molar-refractivity contribution in [3.8, 4) is 17.4 Å². The van der Waals surface area contributed by atoms with Crippen LogP contribution in [-0.4, -0.2) is 17.1 Å². The highest BCUT2D eigenvalue weighted by Crippen LogP contribution is 2.34. The van der Waals surface area contributed by atoms with Crippen LogP contribution >= 0.6 is 27.5 Å². The van der Waals surface area contributed by atoms with Gasteiger partial charge in [-0.05, 0) is 41.1 Å². The SMILES string of the molecule is COc1ccc(Oc2nc(C(C)C)nc(Cl)c2C)c(Br)c1. The second kappa shape index (κ2) is 6.62. The van der Waals surface area contributed by atoms with Crippen molar-refractivity contribution in [3.63, 3.8) is 0 Å². The highest BCUT2D eigenvalue weighted by molar-refractivity contribution is 9.10. The van der Waals surface area contributed by atoms with E-state index in [0.717, 1.165) is 10.2 Å². The zero-order chi connectivity index (χ0) is 15.6. The summed E-state index contributed by atoms with van der Waals surface area (Å²) in [7, 11) is 1.62. The Balaban J connectivity index is 2.39. The Kier molecular flexibility index (Phi) is 5.06. The first-order chi connectivity index (χ1) is 9.92. The number of halogens is 2. The lowest BCUT2D eigenvalue weighted by atomic mass is 10.2. The highest BCUT2D eigenvalue weighted by atomic mass is 79.9. The molecule has 0 unspecified atom stereocenters. The molecule has 0 radical (unpaired) electrons. The Hall–Kier alpha value is -1.33. The van der Waals surface area contributed by atoms with Gasteiger partial charge in [0.05, 0.1) is 11.6 Å². The number of rotatable bonds is 4. The molecule has 1 heterocycles. The van der Waals surface area contributed by atoms with Gasteiger partial charge in [0, 0.05) is 11.5 Å². The van der Waals surface area contributed by atoms with Gasteiger partial charge in [0.1, 0.15) is 22.5 Å². The van der Waals surface area contributed by atoms with Gasteiger partial charge in [0.2, 0.25) is 5.88 Å². The van der Waals surface area contributed by atoms with E-state index in [9.17, 15) is 0 Å². The third-order valence-corrected chi connectivity index (χ3v) is 3.91. The lowest BCUT2D eigenvalue weighted by Gasteiger charge is -2.13. The molecule has 0 atom stereocenters. The van der Waals surface area contributed by atoms with Gasteiger partial charge in [-0.15, -0.1) is 0 Å². The first-order valence-corrected chi connectivity index (χ1v) is 7.65. The van der Waals surface area contributed by atoms with Crippen LogP contribution in [0.25, 0.3) is 0 Å². The molecule has 0 spiro atoms. The number of aromatic nitrogens is 2. The van der Waals surface area contributed by atoms with E-state index in [1.165, 1.54) is 0 Å². The zero-order valence-electron chi connectivity index (χ0n) is 12.3. The predicted molar refractivity (Wildman–Crippen MR) is 86.6 cm³/mol. The van der Waals surface area contributed by atoms with Crippen LogP contribution in [0.1, 0.15) is 31.2 Å². The summed E-state index contributed by atoms with van der Waals surface area (Å²) in [4.78, 5) is 8.71. The van der Waals surface area contributed by atoms with Crippen LogP contribution in [0.2, 0.25) is 5.15 Å². The lowest BCUT2D eigenvalue weighted by Crippen LogP contribution is -2.02. The molecule has 21 heavy (non-hydrogen) atoms. The van der Waals surface area contributed by atoms with Crippen molar-refractivity contribution in [1.29, 1.82) is 0 Å². The Bertz CT molecular complexity index is 662. The van der Waals surface area contributed by atoms with Crippen molar-refractivity contribution in [2.75, 3.05) is 7.11 Å². The van der Waals surface area contributed by atoms with E-state index in [-0.39, 0.29) is 5.92 Å². The van der Waals surface area contributed by atoms with E-state index in [2.05, 4.69) is 25.9 Å². The van der Waals surface area contributed by atoms with Crippen LogP contribution in [0.15, 0.2) is 22.7 Å². The van der Waals surface area contributed by atoms with Crippen molar-refractivity contribution in [2.45, 2.75) is 26.7 Å². The maximum atomic E-state index is 6.15. The number of methoxy groups -OCH3 is 1. The molecular formula is C15H16BrClN2O2. The predicted octanol–water partition coefficient (Wildman–Crippen LogP) is 5.13. The monoisotopic (exact) mass is 370 g/mol. The van der Waals surface area contributed by atoms with Crippen molar-refractivity contribution in [3.05, 3.63) is 39.2 Å². The van der Waals surface area contributed by atoms with Crippen molar-refractivity contribution >= 4 is 27.5 Å². The highest BCUT2D eigenvalue weighted by Gasteiger charge is 2.15. The molecule has 0 N–H and O–H groups in total. The number of hydrogen-bond acceptors (Lipinski definition) is 4. The van der Waals surface area contributed by atoms with Crippen molar-refractivity contribution in [2.24, 2.45) is 0 Å². The van der Waals surface area contributed by atoms with E-state index in [1.807, 2.05) is 39.0 Å². The number of nitrogens with zero attached hydrogens (tertiary/aromatic N) is 2. The Morgan fingerprint density at radius 2 is 1.95 bits per heavy atom. The fourth-order valence-electron chi connectivity index (χ4n) is 1.64. The molecule has 0 saturated carbocycles. The Morgan fingerprint density at radius 1 is 1.24 bits per heavy atom. The average Bonchev–Trinajstić information content (AvgIpc) is 2.45. The first kappa shape index (κ1) is 16.0. The molecule has 0 aliphatic rings. The second-order valence-electron chi connectivity index (χ2n) is 4.86. The molecular weight excluding hydrogens is 356 g/mol. The molecule has 4 nitrogen and oxygen atoms in total. The van der Waals surface area contributed by atoms with E-state index >= 15 is 0 Å². The van der Waals surface area contributed by atoms with E-state index in [4.69, 9.17) is 21.1 Å². The molecule has 1 aromatic carbocycles. The summed E-state index contributed by atoms with van der Waals surface area (Å²) >= 11 is 9.61. The molecule has 1 aromatic heterocycles. The molecule has 2 rings (SSSR count). The smallest absolute Gasteiger partial charge is 0.227 e. The Labute approximate surface area is 137 Å². The summed E-state index contributed by atoms with van der Waals surface area (Å²) in [5.74, 6) is 2.68. The third kappa shape index (κ3) is 3.66. The minimum absolute atomic E-state index is 0.171. The van der Waals surface area contributed by atoms with Crippen LogP contribution in [-0.2, 0) is 0 Å². The van der Waals surface area contributed by atoms with Gasteiger partial charge < -0.3 is 9.47 Å². The molecule has 0 bridgehead atoms. The minimum Gasteiger partial charge on any atom is -0.497 e. The fraction of sp³-hybridized carbons (Fsp3) is 0.333. The molecule has 0 aliphatic heterocycles. The second-order valence-corrected chi connectivity index (χ2v) is 6.07. The normalized spacial score (nSPS) is 10.8. The number of ether oxygens (including phenoxy) is 2. The summed E-state index contributed by atoms with van der Waals surface area (Å²) in [6.07, 6.45) is 0. The minimum atomic E-state index is 0.171. The van der Waals surface area contributed by atoms with Gasteiger partial charge in [-0.25, -0.2) is 4.98 Å². The van der Waals surface area contributed by atoms with Crippen LogP contribution in [0.5, 0.6) is 17.4 Å². The van der Waals surface area contributed by atoms with Crippen LogP contribution in [0, 0.1) is 6.92 Å². The molecule has 0 aliphatic carbocycles. The van der Waals surface area contributed by atoms with Crippen LogP contribution in [0.4, 0.5) is 0 Å². The summed E-state index contributed by atoms with van der Waals surface area (Å²) in [5.41, 5.74) is 0.712. The zero-order valence-corrected chi connectivity index (χ0v) is 14.6. The largest absolute Gasteiger partial charge is 0.497 e. The van der Waals surface area contributed by atoms with E-state index in [1.54, 1.807) is 7.11 Å². The van der Waals surface area contributed by atoms with Gasteiger partial charge >= 0.3 is 0 Å². The quantitative estimate of drug-likeness (QED) is 0.699. The van der Waals surface area contributed by atoms with Crippen molar-refractivity contribution < 1.29 is 9.47 Å². The average molecular weight is 372 g/mol. The molecule has 6 heteroatoms. The van der Waals surface area contributed by atoms with Crippen LogP contribution < -0.4 is 9.47 Å². The molecule has 0 fully saturated rings. The Morgan fingerprint density at radius 3 is 2.52 bits per heavy atom. The summed E-state index contributed by atoms with van der Waals surface area (Å²) in [6, 6.07) is 5.46. The number of benzene rings is 1. The summed E-state index contributed by atoms with van der Waals surface area (Å²) < 4.78 is 11.8. The van der Waals surface area contributed by atoms with Crippen molar-refractivity contribution in [1.82, 2.24) is 9.97 Å². The van der Waals surface area contributed by atoms with E-state index < -0.39 is 0 Å². The lowest BCUT2D eigenvalue weighted by molar-refractivity contribution is 0.410. The summed E-state index contributed by atoms with van der Waals surface area (Å²) in [5, 5.41) is 0.410. The third-order valence-electron chi connectivity index (χ3n) is 2.92. The fourth-order valence-corrected chi connectivity index (χ4v) is 2.24. The molecule has 0 saturated heterocycles.